The van der Waals surface area contributed by atoms with Gasteiger partial charge in [-0.1, -0.05) is 24.3 Å². The maximum Gasteiger partial charge on any atom is 0.191 e. The fraction of sp³-hybridized carbons (Fsp3) is 0.533. The summed E-state index contributed by atoms with van der Waals surface area (Å²) in [5.41, 5.74) is 2.41. The normalized spacial score (nSPS) is 11.8. The fourth-order valence-electron chi connectivity index (χ4n) is 1.64. The van der Waals surface area contributed by atoms with Crippen LogP contribution in [0.1, 0.15) is 31.9 Å². The zero-order chi connectivity index (χ0) is 14.3. The Bertz CT molecular complexity index is 410. The third-order valence-electron chi connectivity index (χ3n) is 2.51. The average molecular weight is 391 g/mol. The number of methoxy groups -OCH3 is 1. The maximum atomic E-state index is 5.09. The minimum absolute atomic E-state index is 0. The van der Waals surface area contributed by atoms with Gasteiger partial charge in [0.1, 0.15) is 0 Å². The van der Waals surface area contributed by atoms with Gasteiger partial charge in [0.25, 0.3) is 0 Å². The molecule has 0 spiro atoms. The highest BCUT2D eigenvalue weighted by Crippen LogP contribution is 2.05. The molecule has 4 nitrogen and oxygen atoms in total. The first-order valence-corrected chi connectivity index (χ1v) is 6.50. The molecule has 0 aromatic heterocycles. The molecule has 0 unspecified atom stereocenters. The van der Waals surface area contributed by atoms with Crippen LogP contribution < -0.4 is 10.6 Å². The lowest BCUT2D eigenvalue weighted by atomic mass is 10.1. The summed E-state index contributed by atoms with van der Waals surface area (Å²) in [5.74, 6) is 0.813. The number of ether oxygens (including phenoxy) is 1. The highest BCUT2D eigenvalue weighted by atomic mass is 127. The first-order valence-electron chi connectivity index (χ1n) is 6.50. The zero-order valence-electron chi connectivity index (χ0n) is 13.0. The summed E-state index contributed by atoms with van der Waals surface area (Å²) in [6, 6.07) is 8.37. The van der Waals surface area contributed by atoms with Gasteiger partial charge in [-0.2, -0.15) is 0 Å². The van der Waals surface area contributed by atoms with Gasteiger partial charge in [-0.05, 0) is 31.9 Å². The number of rotatable bonds is 4. The van der Waals surface area contributed by atoms with Crippen molar-refractivity contribution in [1.29, 1.82) is 0 Å². The molecule has 0 amide bonds. The molecule has 1 rings (SSSR count). The van der Waals surface area contributed by atoms with Crippen molar-refractivity contribution >= 4 is 29.9 Å². The number of nitrogens with zero attached hydrogens (tertiary/aromatic N) is 1. The van der Waals surface area contributed by atoms with Crippen molar-refractivity contribution in [3.05, 3.63) is 35.4 Å². The van der Waals surface area contributed by atoms with E-state index in [9.17, 15) is 0 Å². The van der Waals surface area contributed by atoms with E-state index < -0.39 is 0 Å². The highest BCUT2D eigenvalue weighted by molar-refractivity contribution is 14.0. The second kappa shape index (κ2) is 9.18. The summed E-state index contributed by atoms with van der Waals surface area (Å²) in [7, 11) is 3.49. The SMILES string of the molecule is CN=C(NCc1ccc(COC)cc1)NC(C)(C)C.I. The van der Waals surface area contributed by atoms with Crippen LogP contribution in [0.3, 0.4) is 0 Å². The highest BCUT2D eigenvalue weighted by Gasteiger charge is 2.11. The van der Waals surface area contributed by atoms with Crippen molar-refractivity contribution in [1.82, 2.24) is 10.6 Å². The molecular weight excluding hydrogens is 365 g/mol. The molecule has 0 saturated heterocycles. The van der Waals surface area contributed by atoms with E-state index in [1.54, 1.807) is 14.2 Å². The molecule has 0 aliphatic heterocycles. The van der Waals surface area contributed by atoms with Crippen LogP contribution in [0, 0.1) is 0 Å². The summed E-state index contributed by atoms with van der Waals surface area (Å²) in [6.07, 6.45) is 0. The summed E-state index contributed by atoms with van der Waals surface area (Å²) in [4.78, 5) is 4.21. The predicted octanol–water partition coefficient (Wildman–Crippen LogP) is 2.91. The van der Waals surface area contributed by atoms with Crippen molar-refractivity contribution in [3.8, 4) is 0 Å². The van der Waals surface area contributed by atoms with Crippen LogP contribution in [0.15, 0.2) is 29.3 Å². The first kappa shape index (κ1) is 19.2. The van der Waals surface area contributed by atoms with Gasteiger partial charge in [-0.25, -0.2) is 0 Å². The quantitative estimate of drug-likeness (QED) is 0.472. The van der Waals surface area contributed by atoms with E-state index in [1.807, 2.05) is 0 Å². The lowest BCUT2D eigenvalue weighted by Crippen LogP contribution is -2.47. The molecule has 0 saturated carbocycles. The molecule has 0 fully saturated rings. The minimum Gasteiger partial charge on any atom is -0.380 e. The lowest BCUT2D eigenvalue weighted by molar-refractivity contribution is 0.185. The second-order valence-corrected chi connectivity index (χ2v) is 5.55. The Balaban J connectivity index is 0.00000361. The number of aliphatic imine (C=N–C) groups is 1. The molecule has 0 radical (unpaired) electrons. The van der Waals surface area contributed by atoms with Gasteiger partial charge in [-0.15, -0.1) is 24.0 Å². The molecule has 1 aromatic carbocycles. The summed E-state index contributed by atoms with van der Waals surface area (Å²) in [6.45, 7) is 7.74. The van der Waals surface area contributed by atoms with E-state index in [0.29, 0.717) is 6.61 Å². The van der Waals surface area contributed by atoms with E-state index in [2.05, 4.69) is 60.7 Å². The Morgan fingerprint density at radius 2 is 1.70 bits per heavy atom. The number of nitrogens with one attached hydrogen (secondary N) is 2. The third-order valence-corrected chi connectivity index (χ3v) is 2.51. The van der Waals surface area contributed by atoms with Crippen molar-refractivity contribution in [3.63, 3.8) is 0 Å². The molecule has 20 heavy (non-hydrogen) atoms. The molecule has 114 valence electrons. The smallest absolute Gasteiger partial charge is 0.191 e. The Labute approximate surface area is 139 Å². The van der Waals surface area contributed by atoms with Gasteiger partial charge < -0.3 is 15.4 Å². The maximum absolute atomic E-state index is 5.09. The van der Waals surface area contributed by atoms with Gasteiger partial charge in [0.05, 0.1) is 6.61 Å². The van der Waals surface area contributed by atoms with E-state index in [1.165, 1.54) is 11.1 Å². The van der Waals surface area contributed by atoms with Gasteiger partial charge in [0.2, 0.25) is 0 Å². The molecule has 1 aromatic rings. The van der Waals surface area contributed by atoms with E-state index in [-0.39, 0.29) is 29.5 Å². The van der Waals surface area contributed by atoms with Crippen molar-refractivity contribution in [2.45, 2.75) is 39.5 Å². The largest absolute Gasteiger partial charge is 0.380 e. The van der Waals surface area contributed by atoms with Crippen LogP contribution in [-0.2, 0) is 17.9 Å². The van der Waals surface area contributed by atoms with Crippen molar-refractivity contribution in [2.75, 3.05) is 14.2 Å². The molecule has 0 atom stereocenters. The fourth-order valence-corrected chi connectivity index (χ4v) is 1.64. The zero-order valence-corrected chi connectivity index (χ0v) is 15.3. The number of hydrogen-bond donors (Lipinski definition) is 2. The van der Waals surface area contributed by atoms with Crippen LogP contribution in [-0.4, -0.2) is 25.7 Å². The Morgan fingerprint density at radius 3 is 2.15 bits per heavy atom. The van der Waals surface area contributed by atoms with E-state index in [4.69, 9.17) is 4.74 Å². The van der Waals surface area contributed by atoms with Crippen molar-refractivity contribution in [2.24, 2.45) is 4.99 Å². The Morgan fingerprint density at radius 1 is 1.15 bits per heavy atom. The number of guanidine groups is 1. The van der Waals surface area contributed by atoms with Crippen LogP contribution in [0.5, 0.6) is 0 Å². The minimum atomic E-state index is 0. The van der Waals surface area contributed by atoms with Crippen LogP contribution in [0.2, 0.25) is 0 Å². The van der Waals surface area contributed by atoms with E-state index >= 15 is 0 Å². The number of hydrogen-bond acceptors (Lipinski definition) is 2. The summed E-state index contributed by atoms with van der Waals surface area (Å²) in [5, 5.41) is 6.63. The second-order valence-electron chi connectivity index (χ2n) is 5.55. The molecule has 2 N–H and O–H groups in total. The Hall–Kier alpha value is -0.820. The first-order chi connectivity index (χ1) is 8.94. The van der Waals surface area contributed by atoms with E-state index in [0.717, 1.165) is 12.5 Å². The van der Waals surface area contributed by atoms with Gasteiger partial charge in [0, 0.05) is 26.2 Å². The summed E-state index contributed by atoms with van der Waals surface area (Å²) < 4.78 is 5.09. The molecular formula is C15H26IN3O. The molecule has 0 aliphatic carbocycles. The van der Waals surface area contributed by atoms with Gasteiger partial charge >= 0.3 is 0 Å². The van der Waals surface area contributed by atoms with Crippen LogP contribution in [0.4, 0.5) is 0 Å². The lowest BCUT2D eigenvalue weighted by Gasteiger charge is -2.23. The molecule has 0 aliphatic rings. The summed E-state index contributed by atoms with van der Waals surface area (Å²) >= 11 is 0. The molecule has 0 heterocycles. The predicted molar refractivity (Wildman–Crippen MR) is 95.7 cm³/mol. The molecule has 0 bridgehead atoms. The monoisotopic (exact) mass is 391 g/mol. The average Bonchev–Trinajstić information content (AvgIpc) is 2.35. The number of halogens is 1. The topological polar surface area (TPSA) is 45.7 Å². The standard InChI is InChI=1S/C15H25N3O.HI/c1-15(2,3)18-14(16-4)17-10-12-6-8-13(9-7-12)11-19-5;/h6-9H,10-11H2,1-5H3,(H2,16,17,18);1H. The van der Waals surface area contributed by atoms with Gasteiger partial charge in [0.15, 0.2) is 5.96 Å². The van der Waals surface area contributed by atoms with Crippen molar-refractivity contribution < 1.29 is 4.74 Å². The van der Waals surface area contributed by atoms with Gasteiger partial charge in [-0.3, -0.25) is 4.99 Å². The van der Waals surface area contributed by atoms with Crippen LogP contribution in [0.25, 0.3) is 0 Å². The Kier molecular flexibility index (Phi) is 8.80. The third kappa shape index (κ3) is 7.69. The van der Waals surface area contributed by atoms with Crippen LogP contribution >= 0.6 is 24.0 Å². The molecule has 5 heteroatoms. The number of benzene rings is 1.